The zero-order valence-corrected chi connectivity index (χ0v) is 21.8. The molecule has 2 aromatic rings. The second-order valence-corrected chi connectivity index (χ2v) is 10.9. The average molecular weight is 520 g/mol. The molecule has 0 unspecified atom stereocenters. The molecule has 10 heteroatoms. The molecule has 0 bridgehead atoms. The largest absolute Gasteiger partial charge is 0.492 e. The molecule has 0 heterocycles. The minimum Gasteiger partial charge on any atom is -0.492 e. The minimum absolute atomic E-state index is 0.0169. The molecule has 3 rings (SSSR count). The number of anilines is 1. The molecule has 0 aliphatic heterocycles. The third-order valence-electron chi connectivity index (χ3n) is 6.25. The van der Waals surface area contributed by atoms with Gasteiger partial charge in [0, 0.05) is 12.6 Å². The molecule has 196 valence electrons. The summed E-state index contributed by atoms with van der Waals surface area (Å²) >= 11 is 0. The van der Waals surface area contributed by atoms with Gasteiger partial charge in [0.05, 0.1) is 18.6 Å². The number of benzene rings is 2. The van der Waals surface area contributed by atoms with Crippen LogP contribution >= 0.6 is 0 Å². The lowest BCUT2D eigenvalue weighted by molar-refractivity contribution is -0.139. The van der Waals surface area contributed by atoms with Crippen molar-refractivity contribution < 1.29 is 27.1 Å². The lowest BCUT2D eigenvalue weighted by atomic mass is 10.1. The summed E-state index contributed by atoms with van der Waals surface area (Å²) in [6.07, 6.45) is 4.88. The Morgan fingerprint density at radius 3 is 2.36 bits per heavy atom. The van der Waals surface area contributed by atoms with Crippen molar-refractivity contribution in [2.45, 2.75) is 58.2 Å². The summed E-state index contributed by atoms with van der Waals surface area (Å²) in [5.41, 5.74) is 0.853. The number of nitrogens with zero attached hydrogens (tertiary/aromatic N) is 2. The molecule has 1 N–H and O–H groups in total. The molecule has 0 saturated heterocycles. The van der Waals surface area contributed by atoms with E-state index in [1.165, 1.54) is 29.2 Å². The molecule has 36 heavy (non-hydrogen) atoms. The summed E-state index contributed by atoms with van der Waals surface area (Å²) in [7, 11) is -3.87. The fourth-order valence-corrected chi connectivity index (χ4v) is 5.15. The van der Waals surface area contributed by atoms with Gasteiger partial charge in [0.25, 0.3) is 0 Å². The third kappa shape index (κ3) is 7.19. The number of halogens is 1. The lowest BCUT2D eigenvalue weighted by Crippen LogP contribution is -2.52. The van der Waals surface area contributed by atoms with E-state index in [9.17, 15) is 22.4 Å². The molecular weight excluding hydrogens is 485 g/mol. The van der Waals surface area contributed by atoms with Crippen molar-refractivity contribution in [2.75, 3.05) is 23.7 Å². The number of hydrogen-bond donors (Lipinski definition) is 1. The quantitative estimate of drug-likeness (QED) is 0.491. The molecule has 1 aliphatic rings. The normalized spacial score (nSPS) is 14.8. The Kier molecular flexibility index (Phi) is 9.31. The van der Waals surface area contributed by atoms with Crippen LogP contribution in [0.4, 0.5) is 10.1 Å². The lowest BCUT2D eigenvalue weighted by Gasteiger charge is -2.32. The van der Waals surface area contributed by atoms with Crippen molar-refractivity contribution in [3.63, 3.8) is 0 Å². The molecule has 1 fully saturated rings. The van der Waals surface area contributed by atoms with E-state index in [-0.39, 0.29) is 24.2 Å². The average Bonchev–Trinajstić information content (AvgIpc) is 3.34. The number of hydrogen-bond acceptors (Lipinski definition) is 5. The predicted octanol–water partition coefficient (Wildman–Crippen LogP) is 3.47. The van der Waals surface area contributed by atoms with Crippen LogP contribution in [0.25, 0.3) is 0 Å². The van der Waals surface area contributed by atoms with Gasteiger partial charge in [-0.3, -0.25) is 13.9 Å². The number of amides is 2. The first-order valence-corrected chi connectivity index (χ1v) is 14.0. The van der Waals surface area contributed by atoms with E-state index in [4.69, 9.17) is 4.74 Å². The van der Waals surface area contributed by atoms with E-state index in [1.54, 1.807) is 38.1 Å². The Morgan fingerprint density at radius 1 is 1.11 bits per heavy atom. The number of carbonyl (C=O) groups excluding carboxylic acids is 2. The molecule has 0 spiro atoms. The summed E-state index contributed by atoms with van der Waals surface area (Å²) in [5.74, 6) is -0.960. The highest BCUT2D eigenvalue weighted by atomic mass is 32.2. The van der Waals surface area contributed by atoms with E-state index in [0.717, 1.165) is 36.2 Å². The highest BCUT2D eigenvalue weighted by Crippen LogP contribution is 2.30. The SMILES string of the molecule is CCOc1ccccc1N(CC(=O)N(Cc1ccc(F)cc1)[C@@H](C)C(=O)NC1CCCC1)S(C)(=O)=O. The van der Waals surface area contributed by atoms with Crippen LogP contribution in [0.2, 0.25) is 0 Å². The highest BCUT2D eigenvalue weighted by molar-refractivity contribution is 7.92. The Bertz CT molecular complexity index is 1150. The summed E-state index contributed by atoms with van der Waals surface area (Å²) in [6, 6.07) is 11.4. The van der Waals surface area contributed by atoms with Gasteiger partial charge in [-0.2, -0.15) is 0 Å². The monoisotopic (exact) mass is 519 g/mol. The molecule has 2 aromatic carbocycles. The Morgan fingerprint density at radius 2 is 1.75 bits per heavy atom. The van der Waals surface area contributed by atoms with Gasteiger partial charge in [-0.05, 0) is 56.5 Å². The summed E-state index contributed by atoms with van der Waals surface area (Å²) in [4.78, 5) is 28.0. The molecule has 0 aromatic heterocycles. The van der Waals surface area contributed by atoms with Gasteiger partial charge in [0.15, 0.2) is 0 Å². The van der Waals surface area contributed by atoms with Crippen LogP contribution in [0, 0.1) is 5.82 Å². The van der Waals surface area contributed by atoms with Crippen LogP contribution in [-0.2, 0) is 26.2 Å². The second kappa shape index (κ2) is 12.2. The van der Waals surface area contributed by atoms with E-state index in [2.05, 4.69) is 5.32 Å². The summed E-state index contributed by atoms with van der Waals surface area (Å²) < 4.78 is 45.5. The van der Waals surface area contributed by atoms with Crippen LogP contribution < -0.4 is 14.4 Å². The standard InChI is InChI=1S/C26H34FN3O5S/c1-4-35-24-12-8-7-11-23(24)30(36(3,33)34)18-25(31)29(17-20-13-15-21(27)16-14-20)19(2)26(32)28-22-9-5-6-10-22/h7-8,11-16,19,22H,4-6,9-10,17-18H2,1-3H3,(H,28,32)/t19-/m0/s1. The topological polar surface area (TPSA) is 96.0 Å². The van der Waals surface area contributed by atoms with Gasteiger partial charge < -0.3 is 15.0 Å². The fourth-order valence-electron chi connectivity index (χ4n) is 4.30. The number of rotatable bonds is 11. The highest BCUT2D eigenvalue weighted by Gasteiger charge is 2.32. The molecule has 0 radical (unpaired) electrons. The number of sulfonamides is 1. The van der Waals surface area contributed by atoms with Crippen LogP contribution in [0.15, 0.2) is 48.5 Å². The van der Waals surface area contributed by atoms with E-state index in [1.807, 2.05) is 0 Å². The maximum Gasteiger partial charge on any atom is 0.244 e. The molecule has 2 amide bonds. The van der Waals surface area contributed by atoms with Gasteiger partial charge >= 0.3 is 0 Å². The third-order valence-corrected chi connectivity index (χ3v) is 7.37. The van der Waals surface area contributed by atoms with Crippen molar-refractivity contribution in [3.8, 4) is 5.75 Å². The molecule has 1 aliphatic carbocycles. The minimum atomic E-state index is -3.87. The summed E-state index contributed by atoms with van der Waals surface area (Å²) in [5, 5.41) is 3.01. The first-order valence-electron chi connectivity index (χ1n) is 12.1. The van der Waals surface area contributed by atoms with Gasteiger partial charge in [-0.1, -0.05) is 37.1 Å². The second-order valence-electron chi connectivity index (χ2n) is 8.98. The Balaban J connectivity index is 1.90. The van der Waals surface area contributed by atoms with Crippen molar-refractivity contribution in [1.29, 1.82) is 0 Å². The van der Waals surface area contributed by atoms with Gasteiger partial charge in [0.1, 0.15) is 24.2 Å². The maximum absolute atomic E-state index is 13.6. The number of nitrogens with one attached hydrogen (secondary N) is 1. The van der Waals surface area contributed by atoms with Gasteiger partial charge in [-0.25, -0.2) is 12.8 Å². The van der Waals surface area contributed by atoms with Crippen LogP contribution in [-0.4, -0.2) is 56.6 Å². The molecule has 1 saturated carbocycles. The summed E-state index contributed by atoms with van der Waals surface area (Å²) in [6.45, 7) is 3.21. The van der Waals surface area contributed by atoms with Crippen LogP contribution in [0.3, 0.4) is 0 Å². The van der Waals surface area contributed by atoms with Crippen molar-refractivity contribution in [3.05, 3.63) is 59.9 Å². The first-order chi connectivity index (χ1) is 17.1. The number of para-hydroxylation sites is 2. The van der Waals surface area contributed by atoms with Gasteiger partial charge in [0.2, 0.25) is 21.8 Å². The smallest absolute Gasteiger partial charge is 0.244 e. The van der Waals surface area contributed by atoms with Crippen LogP contribution in [0.5, 0.6) is 5.75 Å². The Hall–Kier alpha value is -3.14. The Labute approximate surface area is 212 Å². The number of carbonyl (C=O) groups is 2. The molecule has 8 nitrogen and oxygen atoms in total. The fraction of sp³-hybridized carbons (Fsp3) is 0.462. The number of ether oxygens (including phenoxy) is 1. The van der Waals surface area contributed by atoms with E-state index < -0.39 is 34.3 Å². The molecule has 1 atom stereocenters. The zero-order valence-electron chi connectivity index (χ0n) is 20.9. The van der Waals surface area contributed by atoms with E-state index in [0.29, 0.717) is 17.9 Å². The van der Waals surface area contributed by atoms with Crippen molar-refractivity contribution in [2.24, 2.45) is 0 Å². The van der Waals surface area contributed by atoms with Crippen LogP contribution in [0.1, 0.15) is 45.1 Å². The van der Waals surface area contributed by atoms with Crippen molar-refractivity contribution in [1.82, 2.24) is 10.2 Å². The predicted molar refractivity (Wildman–Crippen MR) is 137 cm³/mol. The van der Waals surface area contributed by atoms with E-state index >= 15 is 0 Å². The van der Waals surface area contributed by atoms with Gasteiger partial charge in [-0.15, -0.1) is 0 Å². The maximum atomic E-state index is 13.6. The van der Waals surface area contributed by atoms with Crippen molar-refractivity contribution >= 4 is 27.5 Å². The first kappa shape index (κ1) is 27.4. The molecular formula is C26H34FN3O5S. The zero-order chi connectivity index (χ0) is 26.3.